The summed E-state index contributed by atoms with van der Waals surface area (Å²) in [6.07, 6.45) is 7.61. The van der Waals surface area contributed by atoms with Gasteiger partial charge < -0.3 is 15.3 Å². The third-order valence-electron chi connectivity index (χ3n) is 3.95. The lowest BCUT2D eigenvalue weighted by Crippen LogP contribution is -2.47. The van der Waals surface area contributed by atoms with Crippen LogP contribution in [0, 0.1) is 0 Å². The minimum Gasteiger partial charge on any atom is -0.476 e. The fraction of sp³-hybridized carbons (Fsp3) is 0.615. The maximum Gasteiger partial charge on any atom is 0.356 e. The number of aromatic carboxylic acids is 1. The molecule has 0 spiro atoms. The zero-order valence-corrected chi connectivity index (χ0v) is 11.4. The molecule has 1 saturated carbocycles. The average molecular weight is 264 g/mol. The molecule has 0 amide bonds. The Morgan fingerprint density at radius 2 is 2.05 bits per heavy atom. The molecule has 6 nitrogen and oxygen atoms in total. The van der Waals surface area contributed by atoms with Crippen molar-refractivity contribution in [3.63, 3.8) is 0 Å². The minimum atomic E-state index is -1.06. The number of carboxylic acid groups (broad SMARTS) is 1. The number of nitrogens with one attached hydrogen (secondary N) is 1. The fourth-order valence-corrected chi connectivity index (χ4v) is 2.60. The Morgan fingerprint density at radius 1 is 1.37 bits per heavy atom. The zero-order valence-electron chi connectivity index (χ0n) is 11.4. The quantitative estimate of drug-likeness (QED) is 0.838. The van der Waals surface area contributed by atoms with Crippen molar-refractivity contribution in [2.45, 2.75) is 31.2 Å². The number of nitrogens with zero attached hydrogens (tertiary/aromatic N) is 3. The molecule has 1 heterocycles. The molecule has 2 N–H and O–H groups in total. The summed E-state index contributed by atoms with van der Waals surface area (Å²) >= 11 is 0. The van der Waals surface area contributed by atoms with Crippen LogP contribution in [0.1, 0.15) is 36.2 Å². The molecule has 104 valence electrons. The Morgan fingerprint density at radius 3 is 2.53 bits per heavy atom. The van der Waals surface area contributed by atoms with Gasteiger partial charge in [0, 0.05) is 12.1 Å². The second kappa shape index (κ2) is 5.52. The van der Waals surface area contributed by atoms with Crippen molar-refractivity contribution >= 4 is 11.8 Å². The number of rotatable bonds is 5. The molecule has 0 aliphatic heterocycles. The predicted octanol–water partition coefficient (Wildman–Crippen LogP) is 1.46. The number of likely N-dealkylation sites (N-methyl/N-ethyl adjacent to an activating group) is 1. The Labute approximate surface area is 112 Å². The molecule has 1 aromatic rings. The lowest BCUT2D eigenvalue weighted by molar-refractivity contribution is 0.0690. The van der Waals surface area contributed by atoms with E-state index in [0.717, 1.165) is 6.54 Å². The highest BCUT2D eigenvalue weighted by molar-refractivity contribution is 5.84. The van der Waals surface area contributed by atoms with Gasteiger partial charge in [-0.25, -0.2) is 14.8 Å². The second-order valence-corrected chi connectivity index (χ2v) is 5.27. The zero-order chi connectivity index (χ0) is 13.9. The van der Waals surface area contributed by atoms with Crippen LogP contribution in [0.3, 0.4) is 0 Å². The van der Waals surface area contributed by atoms with Gasteiger partial charge >= 0.3 is 5.97 Å². The van der Waals surface area contributed by atoms with Crippen molar-refractivity contribution in [2.24, 2.45) is 0 Å². The van der Waals surface area contributed by atoms with E-state index in [1.807, 2.05) is 0 Å². The summed E-state index contributed by atoms with van der Waals surface area (Å²) in [5, 5.41) is 12.0. The Bertz CT molecular complexity index is 438. The number of anilines is 1. The first-order valence-corrected chi connectivity index (χ1v) is 6.50. The van der Waals surface area contributed by atoms with Gasteiger partial charge in [-0.2, -0.15) is 0 Å². The summed E-state index contributed by atoms with van der Waals surface area (Å²) in [6.45, 7) is 0.807. The van der Waals surface area contributed by atoms with Gasteiger partial charge in [0.2, 0.25) is 0 Å². The van der Waals surface area contributed by atoms with E-state index in [2.05, 4.69) is 34.3 Å². The summed E-state index contributed by atoms with van der Waals surface area (Å²) in [7, 11) is 4.21. The SMILES string of the molecule is CN(C)C1(CNc2cnc(C(=O)O)cn2)CCCC1. The van der Waals surface area contributed by atoms with Gasteiger partial charge in [0.25, 0.3) is 0 Å². The summed E-state index contributed by atoms with van der Waals surface area (Å²) in [6, 6.07) is 0. The van der Waals surface area contributed by atoms with Gasteiger partial charge in [0.1, 0.15) is 5.82 Å². The van der Waals surface area contributed by atoms with Crippen LogP contribution >= 0.6 is 0 Å². The van der Waals surface area contributed by atoms with E-state index in [4.69, 9.17) is 5.11 Å². The van der Waals surface area contributed by atoms with E-state index < -0.39 is 5.97 Å². The molecule has 0 unspecified atom stereocenters. The predicted molar refractivity (Wildman–Crippen MR) is 72.4 cm³/mol. The molecule has 1 fully saturated rings. The van der Waals surface area contributed by atoms with Crippen molar-refractivity contribution in [3.05, 3.63) is 18.1 Å². The van der Waals surface area contributed by atoms with Crippen LogP contribution in [-0.2, 0) is 0 Å². The first-order valence-electron chi connectivity index (χ1n) is 6.50. The minimum absolute atomic E-state index is 0.0336. The molecule has 0 atom stereocenters. The highest BCUT2D eigenvalue weighted by atomic mass is 16.4. The molecule has 0 bridgehead atoms. The van der Waals surface area contributed by atoms with E-state index in [-0.39, 0.29) is 11.2 Å². The second-order valence-electron chi connectivity index (χ2n) is 5.27. The van der Waals surface area contributed by atoms with Gasteiger partial charge in [-0.1, -0.05) is 12.8 Å². The topological polar surface area (TPSA) is 78.4 Å². The van der Waals surface area contributed by atoms with Crippen molar-refractivity contribution in [2.75, 3.05) is 26.0 Å². The van der Waals surface area contributed by atoms with E-state index >= 15 is 0 Å². The third-order valence-corrected chi connectivity index (χ3v) is 3.95. The van der Waals surface area contributed by atoms with Gasteiger partial charge in [-0.05, 0) is 26.9 Å². The van der Waals surface area contributed by atoms with E-state index in [9.17, 15) is 4.79 Å². The number of aromatic nitrogens is 2. The summed E-state index contributed by atoms with van der Waals surface area (Å²) in [5.41, 5.74) is 0.140. The fourth-order valence-electron chi connectivity index (χ4n) is 2.60. The Kier molecular flexibility index (Phi) is 3.99. The summed E-state index contributed by atoms with van der Waals surface area (Å²) in [5.74, 6) is -0.433. The van der Waals surface area contributed by atoms with Gasteiger partial charge in [-0.3, -0.25) is 0 Å². The number of hydrogen-bond donors (Lipinski definition) is 2. The highest BCUT2D eigenvalue weighted by Gasteiger charge is 2.35. The normalized spacial score (nSPS) is 17.6. The first-order chi connectivity index (χ1) is 9.03. The lowest BCUT2D eigenvalue weighted by Gasteiger charge is -2.36. The number of carboxylic acids is 1. The lowest BCUT2D eigenvalue weighted by atomic mass is 9.96. The highest BCUT2D eigenvalue weighted by Crippen LogP contribution is 2.33. The van der Waals surface area contributed by atoms with Crippen LogP contribution in [0.4, 0.5) is 5.82 Å². The Hall–Kier alpha value is -1.69. The Balaban J connectivity index is 1.99. The molecule has 0 saturated heterocycles. The van der Waals surface area contributed by atoms with E-state index in [1.165, 1.54) is 38.1 Å². The van der Waals surface area contributed by atoms with Crippen LogP contribution in [0.2, 0.25) is 0 Å². The molecular formula is C13H20N4O2. The smallest absolute Gasteiger partial charge is 0.356 e. The number of hydrogen-bond acceptors (Lipinski definition) is 5. The third kappa shape index (κ3) is 3.01. The molecule has 1 aliphatic rings. The molecular weight excluding hydrogens is 244 g/mol. The maximum atomic E-state index is 10.7. The standard InChI is InChI=1S/C13H20N4O2/c1-17(2)13(5-3-4-6-13)9-16-11-8-14-10(7-15-11)12(18)19/h7-8H,3-6,9H2,1-2H3,(H,15,16)(H,18,19). The van der Waals surface area contributed by atoms with Gasteiger partial charge in [0.15, 0.2) is 5.69 Å². The van der Waals surface area contributed by atoms with Crippen molar-refractivity contribution in [1.29, 1.82) is 0 Å². The molecule has 0 aromatic carbocycles. The average Bonchev–Trinajstić information content (AvgIpc) is 2.87. The first kappa shape index (κ1) is 13.7. The van der Waals surface area contributed by atoms with Crippen molar-refractivity contribution in [3.8, 4) is 0 Å². The van der Waals surface area contributed by atoms with Crippen molar-refractivity contribution in [1.82, 2.24) is 14.9 Å². The van der Waals surface area contributed by atoms with Crippen LogP contribution in [-0.4, -0.2) is 52.1 Å². The molecule has 1 aromatic heterocycles. The van der Waals surface area contributed by atoms with E-state index in [1.54, 1.807) is 0 Å². The monoisotopic (exact) mass is 264 g/mol. The number of carbonyl (C=O) groups is 1. The molecule has 2 rings (SSSR count). The van der Waals surface area contributed by atoms with E-state index in [0.29, 0.717) is 5.82 Å². The molecule has 6 heteroatoms. The summed E-state index contributed by atoms with van der Waals surface area (Å²) in [4.78, 5) is 20.9. The maximum absolute atomic E-state index is 10.7. The molecule has 1 aliphatic carbocycles. The van der Waals surface area contributed by atoms with Crippen molar-refractivity contribution < 1.29 is 9.90 Å². The summed E-state index contributed by atoms with van der Waals surface area (Å²) < 4.78 is 0. The van der Waals surface area contributed by atoms with Crippen LogP contribution in [0.15, 0.2) is 12.4 Å². The van der Waals surface area contributed by atoms with Crippen LogP contribution in [0.25, 0.3) is 0 Å². The van der Waals surface area contributed by atoms with Gasteiger partial charge in [-0.15, -0.1) is 0 Å². The molecule has 0 radical (unpaired) electrons. The van der Waals surface area contributed by atoms with Crippen LogP contribution < -0.4 is 5.32 Å². The van der Waals surface area contributed by atoms with Crippen LogP contribution in [0.5, 0.6) is 0 Å². The largest absolute Gasteiger partial charge is 0.476 e. The van der Waals surface area contributed by atoms with Gasteiger partial charge in [0.05, 0.1) is 12.4 Å². The molecule has 19 heavy (non-hydrogen) atoms.